The lowest BCUT2D eigenvalue weighted by molar-refractivity contribution is 0.826. The van der Waals surface area contributed by atoms with Gasteiger partial charge < -0.3 is 0 Å². The number of alkyl halides is 1. The molecular weight excluding hydrogens is 156 g/mol. The normalized spacial score (nSPS) is 11.5. The first kappa shape index (κ1) is 8.61. The Hall–Kier alpha value is -0.490. The first-order chi connectivity index (χ1) is 5.08. The van der Waals surface area contributed by atoms with E-state index in [-0.39, 0.29) is 4.87 Å². The van der Waals surface area contributed by atoms with Gasteiger partial charge in [0.05, 0.1) is 0 Å². The highest BCUT2D eigenvalue weighted by Gasteiger charge is 2.13. The molecule has 0 aromatic heterocycles. The molecule has 0 spiro atoms. The van der Waals surface area contributed by atoms with Crippen LogP contribution >= 0.6 is 11.6 Å². The van der Waals surface area contributed by atoms with Gasteiger partial charge in [0, 0.05) is 11.3 Å². The van der Waals surface area contributed by atoms with Crippen molar-refractivity contribution in [2.45, 2.75) is 18.7 Å². The smallest absolute Gasteiger partial charge is 0.0465 e. The summed E-state index contributed by atoms with van der Waals surface area (Å²) in [6, 6.07) is 10.1. The van der Waals surface area contributed by atoms with Crippen molar-refractivity contribution in [3.05, 3.63) is 42.3 Å². The molecule has 0 heterocycles. The minimum absolute atomic E-state index is 0.249. The predicted octanol–water partition coefficient (Wildman–Crippen LogP) is 3.26. The van der Waals surface area contributed by atoms with E-state index in [2.05, 4.69) is 0 Å². The highest BCUT2D eigenvalue weighted by atomic mass is 35.5. The molecule has 1 rings (SSSR count). The van der Waals surface area contributed by atoms with Crippen LogP contribution in [-0.2, 0) is 0 Å². The van der Waals surface area contributed by atoms with Gasteiger partial charge in [-0.1, -0.05) is 30.3 Å². The third kappa shape index (κ3) is 3.43. The summed E-state index contributed by atoms with van der Waals surface area (Å²) >= 11 is 6.01. The molecule has 59 valence electrons. The SMILES string of the molecule is CC(C)(Cl)[CH]c1ccccc1. The van der Waals surface area contributed by atoms with Crippen LogP contribution in [0.25, 0.3) is 0 Å². The molecular formula is C10H12Cl. The molecule has 1 heteroatoms. The van der Waals surface area contributed by atoms with Crippen LogP contribution in [-0.4, -0.2) is 4.87 Å². The van der Waals surface area contributed by atoms with E-state index in [1.165, 1.54) is 5.56 Å². The Balaban J connectivity index is 2.66. The van der Waals surface area contributed by atoms with Gasteiger partial charge in [-0.15, -0.1) is 11.6 Å². The summed E-state index contributed by atoms with van der Waals surface area (Å²) in [6.07, 6.45) is 2.04. The molecule has 0 aliphatic heterocycles. The maximum absolute atomic E-state index is 6.01. The molecule has 0 fully saturated rings. The van der Waals surface area contributed by atoms with E-state index in [4.69, 9.17) is 11.6 Å². The van der Waals surface area contributed by atoms with Gasteiger partial charge in [-0.25, -0.2) is 0 Å². The highest BCUT2D eigenvalue weighted by molar-refractivity contribution is 6.24. The Labute approximate surface area is 73.2 Å². The summed E-state index contributed by atoms with van der Waals surface area (Å²) in [6.45, 7) is 3.95. The van der Waals surface area contributed by atoms with Crippen LogP contribution in [0, 0.1) is 6.42 Å². The second-order valence-corrected chi connectivity index (χ2v) is 4.09. The lowest BCUT2D eigenvalue weighted by atomic mass is 10.0. The average Bonchev–Trinajstić information content (AvgIpc) is 1.85. The summed E-state index contributed by atoms with van der Waals surface area (Å²) in [5.41, 5.74) is 1.17. The summed E-state index contributed by atoms with van der Waals surface area (Å²) in [4.78, 5) is -0.249. The fourth-order valence-corrected chi connectivity index (χ4v) is 1.07. The van der Waals surface area contributed by atoms with Crippen molar-refractivity contribution in [2.24, 2.45) is 0 Å². The number of halogens is 1. The van der Waals surface area contributed by atoms with Crippen molar-refractivity contribution in [3.8, 4) is 0 Å². The summed E-state index contributed by atoms with van der Waals surface area (Å²) < 4.78 is 0. The van der Waals surface area contributed by atoms with Gasteiger partial charge in [0.2, 0.25) is 0 Å². The summed E-state index contributed by atoms with van der Waals surface area (Å²) in [7, 11) is 0. The van der Waals surface area contributed by atoms with Crippen LogP contribution in [0.5, 0.6) is 0 Å². The molecule has 1 aromatic rings. The van der Waals surface area contributed by atoms with E-state index in [1.54, 1.807) is 0 Å². The first-order valence-corrected chi connectivity index (χ1v) is 4.05. The van der Waals surface area contributed by atoms with Crippen LogP contribution in [0.3, 0.4) is 0 Å². The second-order valence-electron chi connectivity index (χ2n) is 3.12. The molecule has 0 aliphatic rings. The van der Waals surface area contributed by atoms with Crippen molar-refractivity contribution >= 4 is 11.6 Å². The van der Waals surface area contributed by atoms with Crippen LogP contribution in [0.4, 0.5) is 0 Å². The maximum Gasteiger partial charge on any atom is 0.0465 e. The zero-order chi connectivity index (χ0) is 8.32. The Bertz CT molecular complexity index is 208. The quantitative estimate of drug-likeness (QED) is 0.594. The third-order valence-corrected chi connectivity index (χ3v) is 1.42. The van der Waals surface area contributed by atoms with E-state index >= 15 is 0 Å². The van der Waals surface area contributed by atoms with Gasteiger partial charge in [0.25, 0.3) is 0 Å². The predicted molar refractivity (Wildman–Crippen MR) is 49.8 cm³/mol. The number of hydrogen-bond acceptors (Lipinski definition) is 0. The van der Waals surface area contributed by atoms with Gasteiger partial charge in [0.15, 0.2) is 0 Å². The van der Waals surface area contributed by atoms with Crippen molar-refractivity contribution in [1.82, 2.24) is 0 Å². The molecule has 0 atom stereocenters. The number of benzene rings is 1. The van der Waals surface area contributed by atoms with Crippen molar-refractivity contribution in [1.29, 1.82) is 0 Å². The lowest BCUT2D eigenvalue weighted by Gasteiger charge is -2.14. The minimum Gasteiger partial charge on any atom is -0.119 e. The Morgan fingerprint density at radius 1 is 1.18 bits per heavy atom. The largest absolute Gasteiger partial charge is 0.119 e. The molecule has 1 radical (unpaired) electrons. The van der Waals surface area contributed by atoms with Crippen LogP contribution in [0.1, 0.15) is 19.4 Å². The maximum atomic E-state index is 6.01. The van der Waals surface area contributed by atoms with Crippen LogP contribution in [0.15, 0.2) is 30.3 Å². The fourth-order valence-electron chi connectivity index (χ4n) is 0.946. The van der Waals surface area contributed by atoms with E-state index < -0.39 is 0 Å². The monoisotopic (exact) mass is 167 g/mol. The zero-order valence-electron chi connectivity index (χ0n) is 6.84. The Kier molecular flexibility index (Phi) is 2.56. The second kappa shape index (κ2) is 3.27. The minimum atomic E-state index is -0.249. The number of hydrogen-bond donors (Lipinski definition) is 0. The molecule has 0 saturated heterocycles. The molecule has 1 aromatic carbocycles. The van der Waals surface area contributed by atoms with Crippen molar-refractivity contribution in [3.63, 3.8) is 0 Å². The van der Waals surface area contributed by atoms with Gasteiger partial charge >= 0.3 is 0 Å². The molecule has 0 unspecified atom stereocenters. The Morgan fingerprint density at radius 3 is 2.18 bits per heavy atom. The molecule has 0 bridgehead atoms. The van der Waals surface area contributed by atoms with Crippen LogP contribution < -0.4 is 0 Å². The molecule has 0 N–H and O–H groups in total. The third-order valence-electron chi connectivity index (χ3n) is 1.31. The summed E-state index contributed by atoms with van der Waals surface area (Å²) in [5.74, 6) is 0. The topological polar surface area (TPSA) is 0 Å². The van der Waals surface area contributed by atoms with Gasteiger partial charge in [-0.05, 0) is 19.4 Å². The first-order valence-electron chi connectivity index (χ1n) is 3.68. The van der Waals surface area contributed by atoms with Crippen molar-refractivity contribution in [2.75, 3.05) is 0 Å². The van der Waals surface area contributed by atoms with E-state index in [0.717, 1.165) is 0 Å². The van der Waals surface area contributed by atoms with Gasteiger partial charge in [0.1, 0.15) is 0 Å². The molecule has 11 heavy (non-hydrogen) atoms. The zero-order valence-corrected chi connectivity index (χ0v) is 7.60. The van der Waals surface area contributed by atoms with E-state index in [1.807, 2.05) is 50.6 Å². The fraction of sp³-hybridized carbons (Fsp3) is 0.300. The molecule has 0 aliphatic carbocycles. The molecule has 0 saturated carbocycles. The molecule has 0 nitrogen and oxygen atoms in total. The number of rotatable bonds is 2. The highest BCUT2D eigenvalue weighted by Crippen LogP contribution is 2.21. The standard InChI is InChI=1S/C10H12Cl/c1-10(2,11)8-9-6-4-3-5-7-9/h3-8H,1-2H3. The lowest BCUT2D eigenvalue weighted by Crippen LogP contribution is -2.10. The van der Waals surface area contributed by atoms with Gasteiger partial charge in [-0.3, -0.25) is 0 Å². The Morgan fingerprint density at radius 2 is 1.73 bits per heavy atom. The van der Waals surface area contributed by atoms with Crippen LogP contribution in [0.2, 0.25) is 0 Å². The van der Waals surface area contributed by atoms with Crippen molar-refractivity contribution < 1.29 is 0 Å². The average molecular weight is 168 g/mol. The van der Waals surface area contributed by atoms with Gasteiger partial charge in [-0.2, -0.15) is 0 Å². The summed E-state index contributed by atoms with van der Waals surface area (Å²) in [5, 5.41) is 0. The van der Waals surface area contributed by atoms with E-state index in [0.29, 0.717) is 0 Å². The molecule has 0 amide bonds. The van der Waals surface area contributed by atoms with E-state index in [9.17, 15) is 0 Å².